The van der Waals surface area contributed by atoms with Crippen molar-refractivity contribution in [3.05, 3.63) is 258 Å². The summed E-state index contributed by atoms with van der Waals surface area (Å²) in [6, 6.07) is 82.8. The number of para-hydroxylation sites is 2. The first-order valence-electron chi connectivity index (χ1n) is 20.7. The van der Waals surface area contributed by atoms with E-state index >= 15 is 0 Å². The Labute approximate surface area is 347 Å². The first kappa shape index (κ1) is 35.0. The molecule has 59 heavy (non-hydrogen) atoms. The second-order valence-electron chi connectivity index (χ2n) is 16.5. The molecule has 0 unspecified atom stereocenters. The first-order chi connectivity index (χ1) is 29.0. The van der Waals surface area contributed by atoms with Gasteiger partial charge in [-0.1, -0.05) is 202 Å². The van der Waals surface area contributed by atoms with Gasteiger partial charge in [0.1, 0.15) is 0 Å². The summed E-state index contributed by atoms with van der Waals surface area (Å²) < 4.78 is 0. The molecule has 0 spiro atoms. The van der Waals surface area contributed by atoms with Crippen LogP contribution in [0.15, 0.2) is 224 Å². The Kier molecular flexibility index (Phi) is 8.13. The monoisotopic (exact) mass is 753 g/mol. The molecule has 9 aromatic rings. The van der Waals surface area contributed by atoms with Crippen LogP contribution in [0.4, 0.5) is 17.1 Å². The van der Waals surface area contributed by atoms with Gasteiger partial charge in [0, 0.05) is 22.4 Å². The van der Waals surface area contributed by atoms with Crippen LogP contribution < -0.4 is 4.90 Å². The van der Waals surface area contributed by atoms with Gasteiger partial charge >= 0.3 is 0 Å². The average molecular weight is 754 g/mol. The van der Waals surface area contributed by atoms with Crippen molar-refractivity contribution in [2.75, 3.05) is 4.90 Å². The molecule has 11 rings (SSSR count). The highest BCUT2D eigenvalue weighted by Crippen LogP contribution is 2.56. The Hall–Kier alpha value is -7.22. The molecule has 280 valence electrons. The van der Waals surface area contributed by atoms with Crippen molar-refractivity contribution < 1.29 is 0 Å². The van der Waals surface area contributed by atoms with E-state index in [2.05, 4.69) is 243 Å². The molecule has 0 atom stereocenters. The quantitative estimate of drug-likeness (QED) is 0.157. The Morgan fingerprint density at radius 2 is 0.814 bits per heavy atom. The summed E-state index contributed by atoms with van der Waals surface area (Å²) in [6.45, 7) is 4.69. The van der Waals surface area contributed by atoms with Crippen molar-refractivity contribution in [2.45, 2.75) is 24.7 Å². The van der Waals surface area contributed by atoms with E-state index in [4.69, 9.17) is 0 Å². The Balaban J connectivity index is 1.01. The molecule has 0 aromatic heterocycles. The number of rotatable bonds is 7. The van der Waals surface area contributed by atoms with Crippen LogP contribution in [0.25, 0.3) is 44.5 Å². The maximum atomic E-state index is 2.42. The largest absolute Gasteiger partial charge is 0.310 e. The van der Waals surface area contributed by atoms with Crippen LogP contribution in [0.1, 0.15) is 47.2 Å². The molecule has 0 saturated carbocycles. The predicted molar refractivity (Wildman–Crippen MR) is 247 cm³/mol. The third-order valence-corrected chi connectivity index (χ3v) is 13.0. The van der Waals surface area contributed by atoms with Crippen LogP contribution in [0.3, 0.4) is 0 Å². The molecule has 2 aliphatic rings. The maximum Gasteiger partial charge on any atom is 0.0713 e. The van der Waals surface area contributed by atoms with Crippen molar-refractivity contribution in [1.29, 1.82) is 0 Å². The van der Waals surface area contributed by atoms with Gasteiger partial charge in [-0.05, 0) is 109 Å². The fourth-order valence-electron chi connectivity index (χ4n) is 10.3. The van der Waals surface area contributed by atoms with Gasteiger partial charge in [0.25, 0.3) is 0 Å². The van der Waals surface area contributed by atoms with E-state index in [0.717, 1.165) is 17.1 Å². The number of hydrogen-bond donors (Lipinski definition) is 0. The molecule has 1 nitrogen and oxygen atoms in total. The van der Waals surface area contributed by atoms with Crippen LogP contribution in [0.5, 0.6) is 0 Å². The van der Waals surface area contributed by atoms with Crippen molar-refractivity contribution in [3.8, 4) is 44.5 Å². The zero-order chi connectivity index (χ0) is 39.6. The SMILES string of the molecule is CC1(C)c2ccccc2-c2cc(N(c3ccccc3)c3ccccc3-c3cccc(-c4ccc(C5(c6ccccc6)c6ccccc6-c6ccccc65)cc4)c3)ccc21. The van der Waals surface area contributed by atoms with E-state index in [1.165, 1.54) is 77.9 Å². The number of fused-ring (bicyclic) bond motifs is 6. The summed E-state index contributed by atoms with van der Waals surface area (Å²) in [4.78, 5) is 2.42. The van der Waals surface area contributed by atoms with Crippen LogP contribution >= 0.6 is 0 Å². The topological polar surface area (TPSA) is 3.24 Å². The number of nitrogens with zero attached hydrogens (tertiary/aromatic N) is 1. The normalized spacial score (nSPS) is 13.9. The van der Waals surface area contributed by atoms with E-state index < -0.39 is 5.41 Å². The Bertz CT molecular complexity index is 2970. The van der Waals surface area contributed by atoms with Crippen molar-refractivity contribution in [3.63, 3.8) is 0 Å². The molecule has 0 bridgehead atoms. The van der Waals surface area contributed by atoms with Crippen molar-refractivity contribution in [1.82, 2.24) is 0 Å². The summed E-state index contributed by atoms with van der Waals surface area (Å²) in [6.07, 6.45) is 0. The highest BCUT2D eigenvalue weighted by Gasteiger charge is 2.45. The molecular formula is C58H43N. The Morgan fingerprint density at radius 3 is 1.49 bits per heavy atom. The number of hydrogen-bond acceptors (Lipinski definition) is 1. The summed E-state index contributed by atoms with van der Waals surface area (Å²) >= 11 is 0. The van der Waals surface area contributed by atoms with E-state index in [9.17, 15) is 0 Å². The lowest BCUT2D eigenvalue weighted by Gasteiger charge is -2.34. The lowest BCUT2D eigenvalue weighted by atomic mass is 9.67. The third-order valence-electron chi connectivity index (χ3n) is 13.0. The van der Waals surface area contributed by atoms with Gasteiger partial charge in [-0.3, -0.25) is 0 Å². The van der Waals surface area contributed by atoms with Crippen molar-refractivity contribution >= 4 is 17.1 Å². The minimum absolute atomic E-state index is 0.0488. The summed E-state index contributed by atoms with van der Waals surface area (Å²) in [5.41, 5.74) is 20.9. The highest BCUT2D eigenvalue weighted by molar-refractivity contribution is 5.92. The number of benzene rings is 9. The van der Waals surface area contributed by atoms with Crippen molar-refractivity contribution in [2.24, 2.45) is 0 Å². The van der Waals surface area contributed by atoms with Crippen LogP contribution in [-0.2, 0) is 10.8 Å². The van der Waals surface area contributed by atoms with E-state index in [-0.39, 0.29) is 5.41 Å². The fourth-order valence-corrected chi connectivity index (χ4v) is 10.3. The van der Waals surface area contributed by atoms with Crippen LogP contribution in [0.2, 0.25) is 0 Å². The van der Waals surface area contributed by atoms with Gasteiger partial charge in [0.2, 0.25) is 0 Å². The molecular weight excluding hydrogens is 711 g/mol. The average Bonchev–Trinajstić information content (AvgIpc) is 3.73. The molecule has 9 aromatic carbocycles. The van der Waals surface area contributed by atoms with E-state index in [1.54, 1.807) is 0 Å². The van der Waals surface area contributed by atoms with Gasteiger partial charge in [0.05, 0.1) is 11.1 Å². The Morgan fingerprint density at radius 1 is 0.305 bits per heavy atom. The lowest BCUT2D eigenvalue weighted by molar-refractivity contribution is 0.660. The lowest BCUT2D eigenvalue weighted by Crippen LogP contribution is -2.28. The minimum Gasteiger partial charge on any atom is -0.310 e. The molecule has 1 heteroatoms. The molecule has 0 fully saturated rings. The molecule has 2 aliphatic carbocycles. The molecule has 0 amide bonds. The van der Waals surface area contributed by atoms with Gasteiger partial charge in [-0.15, -0.1) is 0 Å². The molecule has 0 heterocycles. The predicted octanol–water partition coefficient (Wildman–Crippen LogP) is 15.2. The molecule has 0 saturated heterocycles. The number of anilines is 3. The third kappa shape index (κ3) is 5.39. The van der Waals surface area contributed by atoms with E-state index in [0.29, 0.717) is 0 Å². The highest BCUT2D eigenvalue weighted by atomic mass is 15.1. The maximum absolute atomic E-state index is 2.42. The second kappa shape index (κ2) is 13.7. The summed E-state index contributed by atoms with van der Waals surface area (Å²) in [7, 11) is 0. The van der Waals surface area contributed by atoms with Crippen LogP contribution in [-0.4, -0.2) is 0 Å². The zero-order valence-electron chi connectivity index (χ0n) is 33.3. The standard InChI is InChI=1S/C58H43N/c1-57(2)52-28-13-9-27-50(52)51-39-46(36-37-53(51)57)59(45-22-7-4-8-23-45)56-31-16-12-24-47(56)42-19-17-18-41(38-42)40-32-34-44(35-33-40)58(43-20-5-3-6-21-43)54-29-14-10-25-48(54)49-26-11-15-30-55(49)58/h3-39H,1-2H3. The van der Waals surface area contributed by atoms with E-state index in [1.807, 2.05) is 0 Å². The first-order valence-corrected chi connectivity index (χ1v) is 20.7. The second-order valence-corrected chi connectivity index (χ2v) is 16.5. The van der Waals surface area contributed by atoms with Gasteiger partial charge in [-0.2, -0.15) is 0 Å². The smallest absolute Gasteiger partial charge is 0.0713 e. The summed E-state index contributed by atoms with van der Waals surface area (Å²) in [5.74, 6) is 0. The fraction of sp³-hybridized carbons (Fsp3) is 0.0690. The van der Waals surface area contributed by atoms with Gasteiger partial charge in [-0.25, -0.2) is 0 Å². The van der Waals surface area contributed by atoms with Gasteiger partial charge in [0.15, 0.2) is 0 Å². The zero-order valence-corrected chi connectivity index (χ0v) is 33.3. The molecule has 0 radical (unpaired) electrons. The van der Waals surface area contributed by atoms with Crippen LogP contribution in [0, 0.1) is 0 Å². The minimum atomic E-state index is -0.413. The molecule has 0 aliphatic heterocycles. The summed E-state index contributed by atoms with van der Waals surface area (Å²) in [5, 5.41) is 0. The van der Waals surface area contributed by atoms with Gasteiger partial charge < -0.3 is 4.90 Å². The molecule has 0 N–H and O–H groups in total.